The smallest absolute Gasteiger partial charge is 2.00 e. The van der Waals surface area contributed by atoms with Gasteiger partial charge >= 0.3 is 51.7 Å². The molecule has 0 aromatic carbocycles. The molecule has 0 bridgehead atoms. The van der Waals surface area contributed by atoms with Gasteiger partial charge in [-0.15, -0.1) is 0 Å². The molecule has 0 amide bonds. The SMILES string of the molecule is [In+3].[In+3].[Mo].[Mo].[O-2].[O-2].[O-2].[O-2].[O-2].[O-2].[O-2].[O-2].[O-2].[O-2].[O-2].[O-2].[O-2].[O-2].[O-2].[W].[W]. The van der Waals surface area contributed by atoms with Gasteiger partial charge in [-0.2, -0.15) is 0 Å². The van der Waals surface area contributed by atoms with E-state index in [2.05, 4.69) is 0 Å². The first-order valence-corrected chi connectivity index (χ1v) is 0. The first-order chi connectivity index (χ1) is 0. The molecule has 0 atom stereocenters. The number of rotatable bonds is 0. The van der Waals surface area contributed by atoms with E-state index in [0.717, 1.165) is 0 Å². The summed E-state index contributed by atoms with van der Waals surface area (Å²) in [6.07, 6.45) is 0. The summed E-state index contributed by atoms with van der Waals surface area (Å²) >= 11 is 0. The van der Waals surface area contributed by atoms with Crippen LogP contribution in [0, 0.1) is 0 Å². The fraction of sp³-hybridized carbons (Fsp3) is 0. The van der Waals surface area contributed by atoms with E-state index in [9.17, 15) is 0 Å². The molecule has 0 N–H and O–H groups in total. The molecule has 0 aliphatic carbocycles. The van der Waals surface area contributed by atoms with Crippen molar-refractivity contribution in [1.82, 2.24) is 0 Å². The van der Waals surface area contributed by atoms with Crippen LogP contribution in [0.3, 0.4) is 0 Å². The van der Waals surface area contributed by atoms with Gasteiger partial charge in [0, 0.05) is 84.3 Å². The van der Waals surface area contributed by atoms with Gasteiger partial charge in [-0.25, -0.2) is 0 Å². The first kappa shape index (κ1) is 937. The van der Waals surface area contributed by atoms with E-state index < -0.39 is 0 Å². The Labute approximate surface area is 215 Å². The molecule has 0 saturated carbocycles. The summed E-state index contributed by atoms with van der Waals surface area (Å²) in [7, 11) is 0. The van der Waals surface area contributed by atoms with Gasteiger partial charge in [0.05, 0.1) is 0 Å². The van der Waals surface area contributed by atoms with Crippen LogP contribution >= 0.6 is 0 Å². The van der Waals surface area contributed by atoms with E-state index in [1.54, 1.807) is 0 Å². The minimum Gasteiger partial charge on any atom is -2.00 e. The van der Waals surface area contributed by atoms with E-state index in [0.29, 0.717) is 0 Å². The Morgan fingerprint density at radius 3 is 0.190 bits per heavy atom. The topological polar surface area (TPSA) is 428 Å². The largest absolute Gasteiger partial charge is 3.00 e. The van der Waals surface area contributed by atoms with Crippen LogP contribution in [-0.2, 0) is 166 Å². The Morgan fingerprint density at radius 2 is 0.190 bits per heavy atom. The van der Waals surface area contributed by atoms with Crippen LogP contribution in [0.2, 0.25) is 0 Å². The van der Waals surface area contributed by atoms with Gasteiger partial charge in [0.25, 0.3) is 0 Å². The molecule has 0 aromatic rings. The molecule has 0 aliphatic heterocycles. The van der Waals surface area contributed by atoms with Crippen LogP contribution in [0.25, 0.3) is 0 Å². The van der Waals surface area contributed by atoms with Gasteiger partial charge in [0.2, 0.25) is 0 Å². The maximum Gasteiger partial charge on any atom is 3.00 e. The first-order valence-electron chi connectivity index (χ1n) is 0. The third-order valence-corrected chi connectivity index (χ3v) is 0. The third-order valence-electron chi connectivity index (χ3n) is 0. The van der Waals surface area contributed by atoms with Crippen molar-refractivity contribution >= 4 is 51.7 Å². The molecule has 0 rings (SSSR count). The van der Waals surface area contributed by atoms with Crippen molar-refractivity contribution in [2.24, 2.45) is 0 Å². The summed E-state index contributed by atoms with van der Waals surface area (Å²) in [5.41, 5.74) is 0. The molecule has 21 heavy (non-hydrogen) atoms. The van der Waals surface area contributed by atoms with Crippen molar-refractivity contribution in [2.75, 3.05) is 0 Å². The molecular weight excluding hydrogens is 1030 g/mol. The second-order valence-electron chi connectivity index (χ2n) is 0. The maximum absolute atomic E-state index is 0. The van der Waals surface area contributed by atoms with Crippen molar-refractivity contribution < 1.29 is 166 Å². The van der Waals surface area contributed by atoms with Crippen molar-refractivity contribution in [3.8, 4) is 0 Å². The maximum atomic E-state index is 0. The summed E-state index contributed by atoms with van der Waals surface area (Å²) in [6, 6.07) is 0. The van der Waals surface area contributed by atoms with Gasteiger partial charge in [0.1, 0.15) is 0 Å². The van der Waals surface area contributed by atoms with Crippen LogP contribution in [0.15, 0.2) is 0 Å². The van der Waals surface area contributed by atoms with Crippen LogP contribution in [0.5, 0.6) is 0 Å². The quantitative estimate of drug-likeness (QED) is 0.226. The van der Waals surface area contributed by atoms with E-state index in [1.165, 1.54) is 0 Å². The van der Waals surface area contributed by atoms with E-state index >= 15 is 0 Å². The molecule has 0 aromatic heterocycles. The van der Waals surface area contributed by atoms with Gasteiger partial charge < -0.3 is 82.1 Å². The third kappa shape index (κ3) is 755. The number of hydrogen-bond acceptors (Lipinski definition) is 0. The molecule has 0 heterocycles. The van der Waals surface area contributed by atoms with Crippen LogP contribution in [-0.4, -0.2) is 51.7 Å². The molecule has 0 saturated heterocycles. The summed E-state index contributed by atoms with van der Waals surface area (Å²) < 4.78 is 0. The van der Waals surface area contributed by atoms with Gasteiger partial charge in [-0.1, -0.05) is 0 Å². The fourth-order valence-electron chi connectivity index (χ4n) is 0. The van der Waals surface area contributed by atoms with Crippen molar-refractivity contribution in [1.29, 1.82) is 0 Å². The number of hydrogen-bond donors (Lipinski definition) is 0. The Bertz CT molecular complexity index is 27.6. The summed E-state index contributed by atoms with van der Waals surface area (Å²) in [6.45, 7) is 0. The molecular formula is In2Mo2O15W2-24. The molecule has 21 heteroatoms. The van der Waals surface area contributed by atoms with Gasteiger partial charge in [-0.05, 0) is 0 Å². The Hall–Kier alpha value is 3.89. The average Bonchev–Trinajstić information content (AvgIpc) is 0. The van der Waals surface area contributed by atoms with Crippen molar-refractivity contribution in [3.63, 3.8) is 0 Å². The zero-order valence-corrected chi connectivity index (χ0v) is 25.4. The predicted octanol–water partition coefficient (Wildman–Crippen LogP) is -2.55. The Kier molecular flexibility index (Phi) is 36900. The zero-order valence-electron chi connectivity index (χ0n) is 8.91. The normalized spacial score (nSPS) is 0. The summed E-state index contributed by atoms with van der Waals surface area (Å²) in [4.78, 5) is 0. The Balaban J connectivity index is 0. The van der Waals surface area contributed by atoms with Crippen LogP contribution in [0.1, 0.15) is 0 Å². The van der Waals surface area contributed by atoms with Crippen molar-refractivity contribution in [2.45, 2.75) is 0 Å². The van der Waals surface area contributed by atoms with E-state index in [1.807, 2.05) is 0 Å². The zero-order chi connectivity index (χ0) is 0. The molecule has 0 spiro atoms. The molecule has 0 aliphatic rings. The van der Waals surface area contributed by atoms with E-state index in [4.69, 9.17) is 0 Å². The second-order valence-corrected chi connectivity index (χ2v) is 0. The summed E-state index contributed by atoms with van der Waals surface area (Å²) in [5, 5.41) is 0. The monoisotopic (exact) mass is 1030 g/mol. The summed E-state index contributed by atoms with van der Waals surface area (Å²) in [5.74, 6) is 0. The average molecular weight is 1030 g/mol. The predicted molar refractivity (Wildman–Crippen MR) is 21.8 cm³/mol. The minimum atomic E-state index is 0. The molecule has 15 nitrogen and oxygen atoms in total. The van der Waals surface area contributed by atoms with Gasteiger partial charge in [0.15, 0.2) is 0 Å². The standard InChI is InChI=1S/2In.2Mo.15O.2W/q2*+3;;;15*-2;;. The van der Waals surface area contributed by atoms with Crippen LogP contribution < -0.4 is 0 Å². The second kappa shape index (κ2) is 826. The fourth-order valence-corrected chi connectivity index (χ4v) is 0. The van der Waals surface area contributed by atoms with Gasteiger partial charge in [-0.3, -0.25) is 0 Å². The van der Waals surface area contributed by atoms with Crippen LogP contribution in [0.4, 0.5) is 0 Å². The molecule has 0 radical (unpaired) electrons. The van der Waals surface area contributed by atoms with Crippen molar-refractivity contribution in [3.05, 3.63) is 0 Å². The molecule has 0 unspecified atom stereocenters. The molecule has 144 valence electrons. The Morgan fingerprint density at radius 1 is 0.190 bits per heavy atom. The molecule has 0 fully saturated rings. The minimum absolute atomic E-state index is 0. The van der Waals surface area contributed by atoms with E-state index in [-0.39, 0.29) is 218 Å².